The van der Waals surface area contributed by atoms with Crippen molar-refractivity contribution in [2.75, 3.05) is 11.1 Å². The molecule has 1 aliphatic carbocycles. The lowest BCUT2D eigenvalue weighted by atomic mass is 10.0. The van der Waals surface area contributed by atoms with E-state index in [1.807, 2.05) is 18.2 Å². The van der Waals surface area contributed by atoms with Crippen molar-refractivity contribution in [2.24, 2.45) is 0 Å². The van der Waals surface area contributed by atoms with Crippen LogP contribution in [0.15, 0.2) is 65.6 Å². The number of amides is 1. The number of anilines is 1. The van der Waals surface area contributed by atoms with Crippen LogP contribution < -0.4 is 5.32 Å². The van der Waals surface area contributed by atoms with Gasteiger partial charge in [-0.15, -0.1) is 0 Å². The highest BCUT2D eigenvalue weighted by Crippen LogP contribution is 2.35. The summed E-state index contributed by atoms with van der Waals surface area (Å²) in [5, 5.41) is 5.27. The van der Waals surface area contributed by atoms with Gasteiger partial charge < -0.3 is 5.32 Å². The van der Waals surface area contributed by atoms with Crippen LogP contribution in [0.3, 0.4) is 0 Å². The van der Waals surface area contributed by atoms with Crippen molar-refractivity contribution >= 4 is 32.2 Å². The molecule has 4 rings (SSSR count). The van der Waals surface area contributed by atoms with Crippen LogP contribution in [0.1, 0.15) is 24.0 Å². The first-order chi connectivity index (χ1) is 13.0. The third-order valence-corrected chi connectivity index (χ3v) is 6.89. The molecule has 1 amide bonds. The van der Waals surface area contributed by atoms with Gasteiger partial charge in [-0.05, 0) is 54.0 Å². The first kappa shape index (κ1) is 17.7. The average Bonchev–Trinajstić information content (AvgIpc) is 3.09. The Morgan fingerprint density at radius 1 is 0.889 bits per heavy atom. The van der Waals surface area contributed by atoms with E-state index in [4.69, 9.17) is 0 Å². The maximum absolute atomic E-state index is 12.4. The quantitative estimate of drug-likeness (QED) is 0.700. The van der Waals surface area contributed by atoms with E-state index in [2.05, 4.69) is 17.4 Å². The number of rotatable bonds is 6. The van der Waals surface area contributed by atoms with Crippen LogP contribution in [0.5, 0.6) is 0 Å². The minimum Gasteiger partial charge on any atom is -0.326 e. The van der Waals surface area contributed by atoms with Crippen molar-refractivity contribution in [3.8, 4) is 0 Å². The van der Waals surface area contributed by atoms with Crippen LogP contribution in [-0.4, -0.2) is 20.1 Å². The summed E-state index contributed by atoms with van der Waals surface area (Å²) in [6.45, 7) is 0. The lowest BCUT2D eigenvalue weighted by Gasteiger charge is -2.11. The van der Waals surface area contributed by atoms with Gasteiger partial charge in [-0.25, -0.2) is 8.42 Å². The van der Waals surface area contributed by atoms with Gasteiger partial charge in [0.05, 0.1) is 10.6 Å². The largest absolute Gasteiger partial charge is 0.326 e. The molecule has 0 heterocycles. The number of nitrogens with one attached hydrogen (secondary N) is 1. The summed E-state index contributed by atoms with van der Waals surface area (Å²) in [7, 11) is -3.35. The Hall–Kier alpha value is -2.66. The topological polar surface area (TPSA) is 63.2 Å². The lowest BCUT2D eigenvalue weighted by Crippen LogP contribution is -2.14. The standard InChI is InChI=1S/C22H21NO3S/c24-21(10-5-15-27(25,26)18-7-2-1-3-8-18)23-20-14-13-17-12-11-16-6-4-9-19(20)22(16)17/h1-4,6-9,13-14H,5,10-12,15H2,(H,23,24). The van der Waals surface area contributed by atoms with E-state index in [-0.39, 0.29) is 18.1 Å². The van der Waals surface area contributed by atoms with Crippen LogP contribution in [0, 0.1) is 0 Å². The van der Waals surface area contributed by atoms with Crippen LogP contribution in [0.25, 0.3) is 10.8 Å². The predicted octanol–water partition coefficient (Wildman–Crippen LogP) is 4.13. The smallest absolute Gasteiger partial charge is 0.224 e. The number of carbonyl (C=O) groups is 1. The van der Waals surface area contributed by atoms with Gasteiger partial charge >= 0.3 is 0 Å². The molecule has 138 valence electrons. The fourth-order valence-corrected chi connectivity index (χ4v) is 5.07. The second kappa shape index (κ2) is 7.16. The molecular weight excluding hydrogens is 358 g/mol. The van der Waals surface area contributed by atoms with E-state index in [0.29, 0.717) is 11.3 Å². The Kier molecular flexibility index (Phi) is 4.70. The summed E-state index contributed by atoms with van der Waals surface area (Å²) in [5.41, 5.74) is 3.45. The van der Waals surface area contributed by atoms with Gasteiger partial charge in [-0.3, -0.25) is 4.79 Å². The van der Waals surface area contributed by atoms with Gasteiger partial charge in [0.15, 0.2) is 9.84 Å². The molecule has 5 heteroatoms. The highest BCUT2D eigenvalue weighted by atomic mass is 32.2. The molecule has 0 saturated carbocycles. The normalized spacial score (nSPS) is 13.0. The maximum atomic E-state index is 12.4. The van der Waals surface area contributed by atoms with E-state index in [1.54, 1.807) is 30.3 Å². The Balaban J connectivity index is 1.42. The summed E-state index contributed by atoms with van der Waals surface area (Å²) in [6, 6.07) is 18.6. The molecule has 0 atom stereocenters. The number of hydrogen-bond donors (Lipinski definition) is 1. The number of hydrogen-bond acceptors (Lipinski definition) is 3. The van der Waals surface area contributed by atoms with Crippen LogP contribution in [0.4, 0.5) is 5.69 Å². The first-order valence-corrected chi connectivity index (χ1v) is 10.8. The molecule has 0 aliphatic heterocycles. The fraction of sp³-hybridized carbons (Fsp3) is 0.227. The zero-order valence-electron chi connectivity index (χ0n) is 14.9. The van der Waals surface area contributed by atoms with Crippen LogP contribution in [0.2, 0.25) is 0 Å². The molecule has 3 aromatic carbocycles. The molecular formula is C22H21NO3S. The van der Waals surface area contributed by atoms with E-state index in [9.17, 15) is 13.2 Å². The summed E-state index contributed by atoms with van der Waals surface area (Å²) in [4.78, 5) is 12.7. The summed E-state index contributed by atoms with van der Waals surface area (Å²) in [5.74, 6) is -0.189. The molecule has 0 fully saturated rings. The highest BCUT2D eigenvalue weighted by molar-refractivity contribution is 7.91. The number of aryl methyl sites for hydroxylation is 2. The van der Waals surface area contributed by atoms with Gasteiger partial charge in [0.2, 0.25) is 5.91 Å². The zero-order valence-corrected chi connectivity index (χ0v) is 15.8. The molecule has 27 heavy (non-hydrogen) atoms. The van der Waals surface area contributed by atoms with Gasteiger partial charge in [0.1, 0.15) is 0 Å². The number of sulfone groups is 1. The van der Waals surface area contributed by atoms with Crippen molar-refractivity contribution in [2.45, 2.75) is 30.6 Å². The van der Waals surface area contributed by atoms with E-state index in [0.717, 1.165) is 23.9 Å². The highest BCUT2D eigenvalue weighted by Gasteiger charge is 2.17. The summed E-state index contributed by atoms with van der Waals surface area (Å²) < 4.78 is 24.6. The Morgan fingerprint density at radius 3 is 2.41 bits per heavy atom. The first-order valence-electron chi connectivity index (χ1n) is 9.16. The molecule has 3 aromatic rings. The molecule has 0 aromatic heterocycles. The Bertz CT molecular complexity index is 1090. The average molecular weight is 379 g/mol. The molecule has 0 saturated heterocycles. The molecule has 0 bridgehead atoms. The van der Waals surface area contributed by atoms with Gasteiger partial charge in [0, 0.05) is 17.5 Å². The second-order valence-corrected chi connectivity index (χ2v) is 9.00. The predicted molar refractivity (Wildman–Crippen MR) is 108 cm³/mol. The van der Waals surface area contributed by atoms with E-state index < -0.39 is 9.84 Å². The minimum absolute atomic E-state index is 0.0335. The third-order valence-electron chi connectivity index (χ3n) is 5.07. The SMILES string of the molecule is O=C(CCCS(=O)(=O)c1ccccc1)Nc1ccc2c3c(cccc13)CC2. The summed E-state index contributed by atoms with van der Waals surface area (Å²) in [6.07, 6.45) is 2.56. The van der Waals surface area contributed by atoms with Crippen molar-refractivity contribution in [1.82, 2.24) is 0 Å². The van der Waals surface area contributed by atoms with Crippen molar-refractivity contribution < 1.29 is 13.2 Å². The molecule has 1 N–H and O–H groups in total. The Morgan fingerprint density at radius 2 is 1.63 bits per heavy atom. The third kappa shape index (κ3) is 3.60. The van der Waals surface area contributed by atoms with Crippen molar-refractivity contribution in [3.63, 3.8) is 0 Å². The molecule has 4 nitrogen and oxygen atoms in total. The molecule has 0 unspecified atom stereocenters. The maximum Gasteiger partial charge on any atom is 0.224 e. The molecule has 1 aliphatic rings. The van der Waals surface area contributed by atoms with E-state index in [1.165, 1.54) is 16.5 Å². The van der Waals surface area contributed by atoms with Gasteiger partial charge in [0.25, 0.3) is 0 Å². The number of benzene rings is 3. The second-order valence-electron chi connectivity index (χ2n) is 6.90. The van der Waals surface area contributed by atoms with Gasteiger partial charge in [-0.2, -0.15) is 0 Å². The molecule has 0 spiro atoms. The van der Waals surface area contributed by atoms with Crippen molar-refractivity contribution in [1.29, 1.82) is 0 Å². The van der Waals surface area contributed by atoms with Crippen molar-refractivity contribution in [3.05, 3.63) is 71.8 Å². The van der Waals surface area contributed by atoms with Crippen LogP contribution in [-0.2, 0) is 27.5 Å². The van der Waals surface area contributed by atoms with Crippen LogP contribution >= 0.6 is 0 Å². The Labute approximate surface area is 159 Å². The number of carbonyl (C=O) groups excluding carboxylic acids is 1. The van der Waals surface area contributed by atoms with E-state index >= 15 is 0 Å². The molecule has 0 radical (unpaired) electrons. The minimum atomic E-state index is -3.35. The lowest BCUT2D eigenvalue weighted by molar-refractivity contribution is -0.116. The fourth-order valence-electron chi connectivity index (χ4n) is 3.74. The monoisotopic (exact) mass is 379 g/mol. The van der Waals surface area contributed by atoms with Gasteiger partial charge in [-0.1, -0.05) is 42.5 Å². The zero-order chi connectivity index (χ0) is 18.9. The summed E-state index contributed by atoms with van der Waals surface area (Å²) >= 11 is 0.